The van der Waals surface area contributed by atoms with Gasteiger partial charge in [0.2, 0.25) is 5.91 Å². The second-order valence-corrected chi connectivity index (χ2v) is 10.3. The minimum atomic E-state index is -3.21. The van der Waals surface area contributed by atoms with Gasteiger partial charge in [0.15, 0.2) is 0 Å². The van der Waals surface area contributed by atoms with Gasteiger partial charge in [-0.2, -0.15) is 19.1 Å². The molecule has 0 saturated carbocycles. The number of likely N-dealkylation sites (tertiary alicyclic amines) is 1. The lowest BCUT2D eigenvalue weighted by atomic mass is 9.79. The molecule has 1 aromatic carbocycles. The van der Waals surface area contributed by atoms with E-state index in [4.69, 9.17) is 4.74 Å². The molecule has 3 aliphatic rings. The molecular weight excluding hydrogens is 478 g/mol. The van der Waals surface area contributed by atoms with Gasteiger partial charge in [0.1, 0.15) is 23.1 Å². The molecule has 37 heavy (non-hydrogen) atoms. The molecule has 190 valence electrons. The first-order valence-corrected chi connectivity index (χ1v) is 12.3. The number of H-pyrrole nitrogens is 1. The number of hydrogen-bond donors (Lipinski definition) is 1. The zero-order chi connectivity index (χ0) is 25.9. The van der Waals surface area contributed by atoms with Gasteiger partial charge < -0.3 is 14.5 Å². The van der Waals surface area contributed by atoms with Crippen molar-refractivity contribution in [2.75, 3.05) is 37.7 Å². The number of nitriles is 1. The molecule has 0 unspecified atom stereocenters. The van der Waals surface area contributed by atoms with Crippen molar-refractivity contribution in [1.82, 2.24) is 20.1 Å². The van der Waals surface area contributed by atoms with Gasteiger partial charge in [-0.25, -0.2) is 4.98 Å². The molecule has 1 N–H and O–H groups in total. The molecule has 5 heterocycles. The van der Waals surface area contributed by atoms with E-state index < -0.39 is 12.3 Å². The number of aromatic nitrogens is 3. The van der Waals surface area contributed by atoms with Gasteiger partial charge in [0.25, 0.3) is 5.92 Å². The van der Waals surface area contributed by atoms with Gasteiger partial charge in [-0.1, -0.05) is 12.6 Å². The minimum Gasteiger partial charge on any atom is -0.376 e. The molecule has 0 aliphatic carbocycles. The van der Waals surface area contributed by atoms with Crippen LogP contribution in [-0.2, 0) is 22.1 Å². The summed E-state index contributed by atoms with van der Waals surface area (Å²) < 4.78 is 36.6. The van der Waals surface area contributed by atoms with Crippen LogP contribution in [0.2, 0.25) is 0 Å². The molecular formula is C27H26F2N6O2. The predicted molar refractivity (Wildman–Crippen MR) is 133 cm³/mol. The Kier molecular flexibility index (Phi) is 5.31. The van der Waals surface area contributed by atoms with E-state index in [2.05, 4.69) is 27.8 Å². The molecule has 2 aromatic heterocycles. The van der Waals surface area contributed by atoms with Crippen LogP contribution in [0.5, 0.6) is 0 Å². The van der Waals surface area contributed by atoms with Gasteiger partial charge in [0, 0.05) is 54.5 Å². The predicted octanol–water partition coefficient (Wildman–Crippen LogP) is 4.04. The standard InChI is InChI=1S/C27H26F2N6O2/c1-3-21(36)35-14-26(15-35)6-8-34(13-26)25-17(10-30)23(19-12-37-9-7-27(28,29)24(19)32-25)22-16(2)4-5-20-18(22)11-31-33-20/h3-5,11H,1,6-9,12-15H2,2H3,(H,31,33). The average molecular weight is 505 g/mol. The first-order valence-electron chi connectivity index (χ1n) is 12.3. The number of nitrogens with zero attached hydrogens (tertiary/aromatic N) is 5. The fourth-order valence-electron chi connectivity index (χ4n) is 6.04. The molecule has 8 nitrogen and oxygen atoms in total. The molecule has 3 aliphatic heterocycles. The zero-order valence-electron chi connectivity index (χ0n) is 20.5. The second-order valence-electron chi connectivity index (χ2n) is 10.3. The van der Waals surface area contributed by atoms with Crippen molar-refractivity contribution in [3.05, 3.63) is 53.4 Å². The Bertz CT molecular complexity index is 1480. The molecule has 2 saturated heterocycles. The Morgan fingerprint density at radius 1 is 1.27 bits per heavy atom. The fraction of sp³-hybridized carbons (Fsp3) is 0.407. The van der Waals surface area contributed by atoms with Crippen LogP contribution in [0.3, 0.4) is 0 Å². The maximum atomic E-state index is 15.5. The number of aromatic amines is 1. The molecule has 3 aromatic rings. The number of hydrogen-bond acceptors (Lipinski definition) is 6. The normalized spacial score (nSPS) is 19.8. The van der Waals surface area contributed by atoms with E-state index in [-0.39, 0.29) is 47.2 Å². The highest BCUT2D eigenvalue weighted by molar-refractivity contribution is 5.99. The molecule has 0 atom stereocenters. The average Bonchev–Trinajstić information content (AvgIpc) is 3.49. The number of amides is 1. The highest BCUT2D eigenvalue weighted by Gasteiger charge is 2.50. The van der Waals surface area contributed by atoms with Crippen LogP contribution in [0.1, 0.15) is 35.2 Å². The number of pyridine rings is 1. The summed E-state index contributed by atoms with van der Waals surface area (Å²) in [4.78, 5) is 20.2. The van der Waals surface area contributed by atoms with Crippen molar-refractivity contribution >= 4 is 22.6 Å². The number of rotatable bonds is 3. The third-order valence-electron chi connectivity index (χ3n) is 7.90. The topological polar surface area (TPSA) is 98.1 Å². The number of anilines is 1. The highest BCUT2D eigenvalue weighted by Crippen LogP contribution is 2.48. The van der Waals surface area contributed by atoms with Crippen molar-refractivity contribution in [2.24, 2.45) is 5.41 Å². The van der Waals surface area contributed by atoms with Crippen LogP contribution in [0.25, 0.3) is 22.0 Å². The second kappa shape index (κ2) is 8.35. The number of benzene rings is 1. The van der Waals surface area contributed by atoms with Crippen molar-refractivity contribution < 1.29 is 18.3 Å². The number of aryl methyl sites for hydroxylation is 1. The summed E-state index contributed by atoms with van der Waals surface area (Å²) in [5, 5.41) is 18.3. The lowest BCUT2D eigenvalue weighted by molar-refractivity contribution is -0.136. The van der Waals surface area contributed by atoms with Crippen LogP contribution in [0.4, 0.5) is 14.6 Å². The monoisotopic (exact) mass is 504 g/mol. The molecule has 0 radical (unpaired) electrons. The molecule has 10 heteroatoms. The quantitative estimate of drug-likeness (QED) is 0.541. The molecule has 2 fully saturated rings. The number of ether oxygens (including phenoxy) is 1. The molecule has 1 spiro atoms. The lowest BCUT2D eigenvalue weighted by Gasteiger charge is -2.47. The van der Waals surface area contributed by atoms with Crippen molar-refractivity contribution in [3.8, 4) is 17.2 Å². The van der Waals surface area contributed by atoms with Crippen LogP contribution < -0.4 is 4.90 Å². The van der Waals surface area contributed by atoms with E-state index in [1.165, 1.54) is 6.08 Å². The summed E-state index contributed by atoms with van der Waals surface area (Å²) in [6, 6.07) is 6.09. The molecule has 0 bridgehead atoms. The Hall–Kier alpha value is -3.84. The number of carbonyl (C=O) groups excluding carboxylic acids is 1. The lowest BCUT2D eigenvalue weighted by Crippen LogP contribution is -2.59. The Morgan fingerprint density at radius 3 is 2.84 bits per heavy atom. The number of carbonyl (C=O) groups is 1. The van der Waals surface area contributed by atoms with Gasteiger partial charge >= 0.3 is 0 Å². The number of halogens is 2. The molecule has 1 amide bonds. The Labute approximate surface area is 212 Å². The maximum Gasteiger partial charge on any atom is 0.292 e. The SMILES string of the molecule is C=CC(=O)N1CC2(CCN(c3nc4c(c(-c5c(C)ccc6[nH]ncc56)c3C#N)COCCC4(F)F)C2)C1. The van der Waals surface area contributed by atoms with E-state index in [0.717, 1.165) is 22.9 Å². The van der Waals surface area contributed by atoms with Crippen LogP contribution in [0, 0.1) is 23.7 Å². The fourth-order valence-corrected chi connectivity index (χ4v) is 6.04. The third kappa shape index (κ3) is 3.60. The zero-order valence-corrected chi connectivity index (χ0v) is 20.5. The van der Waals surface area contributed by atoms with Crippen LogP contribution >= 0.6 is 0 Å². The largest absolute Gasteiger partial charge is 0.376 e. The number of alkyl halides is 2. The van der Waals surface area contributed by atoms with E-state index in [9.17, 15) is 10.1 Å². The van der Waals surface area contributed by atoms with Crippen molar-refractivity contribution in [3.63, 3.8) is 0 Å². The first kappa shape index (κ1) is 23.6. The summed E-state index contributed by atoms with van der Waals surface area (Å²) in [5.41, 5.74) is 2.74. The summed E-state index contributed by atoms with van der Waals surface area (Å²) in [6.07, 6.45) is 3.26. The summed E-state index contributed by atoms with van der Waals surface area (Å²) >= 11 is 0. The minimum absolute atomic E-state index is 0.0571. The Balaban J connectivity index is 1.54. The summed E-state index contributed by atoms with van der Waals surface area (Å²) in [6.45, 7) is 7.54. The summed E-state index contributed by atoms with van der Waals surface area (Å²) in [5.74, 6) is -3.05. The van der Waals surface area contributed by atoms with Gasteiger partial charge in [-0.05, 0) is 36.6 Å². The van der Waals surface area contributed by atoms with E-state index in [0.29, 0.717) is 37.3 Å². The van der Waals surface area contributed by atoms with E-state index in [1.54, 1.807) is 11.1 Å². The number of fused-ring (bicyclic) bond motifs is 2. The van der Waals surface area contributed by atoms with Crippen LogP contribution in [-0.4, -0.2) is 58.8 Å². The van der Waals surface area contributed by atoms with E-state index >= 15 is 8.78 Å². The van der Waals surface area contributed by atoms with Gasteiger partial charge in [-0.3, -0.25) is 9.89 Å². The first-order chi connectivity index (χ1) is 17.8. The van der Waals surface area contributed by atoms with Gasteiger partial charge in [-0.15, -0.1) is 0 Å². The number of nitrogens with one attached hydrogen (secondary N) is 1. The van der Waals surface area contributed by atoms with Gasteiger partial charge in [0.05, 0.1) is 24.9 Å². The Morgan fingerprint density at radius 2 is 2.08 bits per heavy atom. The van der Waals surface area contributed by atoms with Crippen molar-refractivity contribution in [1.29, 1.82) is 5.26 Å². The highest BCUT2D eigenvalue weighted by atomic mass is 19.3. The third-order valence-corrected chi connectivity index (χ3v) is 7.90. The van der Waals surface area contributed by atoms with E-state index in [1.807, 2.05) is 24.0 Å². The summed E-state index contributed by atoms with van der Waals surface area (Å²) in [7, 11) is 0. The maximum absolute atomic E-state index is 15.5. The molecule has 6 rings (SSSR count). The van der Waals surface area contributed by atoms with Crippen molar-refractivity contribution in [2.45, 2.75) is 32.3 Å². The smallest absolute Gasteiger partial charge is 0.292 e. The van der Waals surface area contributed by atoms with Crippen LogP contribution in [0.15, 0.2) is 31.0 Å².